The zero-order valence-corrected chi connectivity index (χ0v) is 17.2. The van der Waals surface area contributed by atoms with Crippen LogP contribution in [0.2, 0.25) is 0 Å². The molecule has 11 heteroatoms. The third-order valence-electron chi connectivity index (χ3n) is 4.82. The van der Waals surface area contributed by atoms with Crippen molar-refractivity contribution in [3.8, 4) is 0 Å². The molecule has 1 aliphatic rings. The van der Waals surface area contributed by atoms with E-state index in [1.54, 1.807) is 0 Å². The average Bonchev–Trinajstić information content (AvgIpc) is 2.67. The molecule has 1 heterocycles. The van der Waals surface area contributed by atoms with E-state index in [1.807, 2.05) is 23.6 Å². The van der Waals surface area contributed by atoms with Gasteiger partial charge in [0, 0.05) is 38.3 Å². The van der Waals surface area contributed by atoms with Gasteiger partial charge in [-0.3, -0.25) is 19.8 Å². The number of nitro groups is 1. The maximum absolute atomic E-state index is 12.0. The number of anilines is 1. The van der Waals surface area contributed by atoms with Gasteiger partial charge in [-0.15, -0.1) is 0 Å². The number of piperazine rings is 1. The number of carbonyl (C=O) groups excluding carboxylic acids is 1. The SMILES string of the molecule is CC[C@@H](C)NC(=O)CN1CCN(c2ccc(S(=O)(=O)NC)cc2[N+](=O)[O-])CC1. The zero-order valence-electron chi connectivity index (χ0n) is 16.3. The fourth-order valence-electron chi connectivity index (χ4n) is 2.97. The highest BCUT2D eigenvalue weighted by Gasteiger charge is 2.27. The molecule has 1 atom stereocenters. The van der Waals surface area contributed by atoms with Gasteiger partial charge in [-0.05, 0) is 32.5 Å². The zero-order chi connectivity index (χ0) is 20.9. The van der Waals surface area contributed by atoms with Crippen LogP contribution in [-0.2, 0) is 14.8 Å². The summed E-state index contributed by atoms with van der Waals surface area (Å²) in [4.78, 5) is 26.6. The number of nitrogens with one attached hydrogen (secondary N) is 2. The van der Waals surface area contributed by atoms with Crippen LogP contribution in [0, 0.1) is 10.1 Å². The van der Waals surface area contributed by atoms with Gasteiger partial charge in [0.2, 0.25) is 15.9 Å². The summed E-state index contributed by atoms with van der Waals surface area (Å²) in [5.74, 6) is -0.0320. The van der Waals surface area contributed by atoms with Gasteiger partial charge in [-0.2, -0.15) is 0 Å². The van der Waals surface area contributed by atoms with Crippen molar-refractivity contribution in [3.05, 3.63) is 28.3 Å². The Balaban J connectivity index is 2.07. The number of amides is 1. The molecule has 156 valence electrons. The van der Waals surface area contributed by atoms with E-state index in [0.29, 0.717) is 38.4 Å². The summed E-state index contributed by atoms with van der Waals surface area (Å²) in [6.45, 7) is 6.44. The normalized spacial score (nSPS) is 16.6. The van der Waals surface area contributed by atoms with Crippen molar-refractivity contribution in [2.75, 3.05) is 44.7 Å². The molecule has 0 spiro atoms. The second-order valence-electron chi connectivity index (χ2n) is 6.76. The highest BCUT2D eigenvalue weighted by Crippen LogP contribution is 2.31. The summed E-state index contributed by atoms with van der Waals surface area (Å²) in [6, 6.07) is 4.03. The predicted molar refractivity (Wildman–Crippen MR) is 106 cm³/mol. The minimum absolute atomic E-state index is 0.0320. The summed E-state index contributed by atoms with van der Waals surface area (Å²) in [7, 11) is -2.51. The summed E-state index contributed by atoms with van der Waals surface area (Å²) in [5.41, 5.74) is 0.128. The Labute approximate surface area is 165 Å². The summed E-state index contributed by atoms with van der Waals surface area (Å²) >= 11 is 0. The van der Waals surface area contributed by atoms with E-state index in [1.165, 1.54) is 19.2 Å². The third kappa shape index (κ3) is 5.40. The Morgan fingerprint density at radius 1 is 1.29 bits per heavy atom. The Bertz CT molecular complexity index is 821. The Hall–Kier alpha value is -2.24. The molecule has 1 aliphatic heterocycles. The lowest BCUT2D eigenvalue weighted by Crippen LogP contribution is -2.50. The molecule has 1 aromatic rings. The lowest BCUT2D eigenvalue weighted by Gasteiger charge is -2.35. The van der Waals surface area contributed by atoms with Crippen molar-refractivity contribution in [2.24, 2.45) is 0 Å². The Kier molecular flexibility index (Phi) is 7.33. The molecule has 2 rings (SSSR count). The van der Waals surface area contributed by atoms with Crippen LogP contribution < -0.4 is 14.9 Å². The van der Waals surface area contributed by atoms with Crippen LogP contribution in [0.3, 0.4) is 0 Å². The van der Waals surface area contributed by atoms with E-state index < -0.39 is 14.9 Å². The van der Waals surface area contributed by atoms with E-state index in [4.69, 9.17) is 0 Å². The molecule has 0 unspecified atom stereocenters. The van der Waals surface area contributed by atoms with Crippen LogP contribution in [-0.4, -0.2) is 70.0 Å². The molecular formula is C17H27N5O5S. The topological polar surface area (TPSA) is 125 Å². The van der Waals surface area contributed by atoms with Crippen LogP contribution in [0.5, 0.6) is 0 Å². The van der Waals surface area contributed by atoms with Gasteiger partial charge in [0.1, 0.15) is 5.69 Å². The fraction of sp³-hybridized carbons (Fsp3) is 0.588. The molecule has 0 bridgehead atoms. The van der Waals surface area contributed by atoms with Gasteiger partial charge in [0.25, 0.3) is 5.69 Å². The molecule has 10 nitrogen and oxygen atoms in total. The highest BCUT2D eigenvalue weighted by atomic mass is 32.2. The summed E-state index contributed by atoms with van der Waals surface area (Å²) < 4.78 is 26.0. The van der Waals surface area contributed by atoms with Gasteiger partial charge in [0.05, 0.1) is 16.4 Å². The number of sulfonamides is 1. The van der Waals surface area contributed by atoms with Crippen molar-refractivity contribution < 1.29 is 18.1 Å². The van der Waals surface area contributed by atoms with Crippen molar-refractivity contribution >= 4 is 27.3 Å². The van der Waals surface area contributed by atoms with E-state index in [-0.39, 0.29) is 22.5 Å². The van der Waals surface area contributed by atoms with Gasteiger partial charge in [-0.25, -0.2) is 13.1 Å². The second-order valence-corrected chi connectivity index (χ2v) is 8.64. The standard InChI is InChI=1S/C17H27N5O5S/c1-4-13(2)19-17(23)12-20-7-9-21(10-8-20)15-6-5-14(28(26,27)18-3)11-16(15)22(24)25/h5-6,11,13,18H,4,7-10,12H2,1-3H3,(H,19,23)/t13-/m1/s1. The van der Waals surface area contributed by atoms with Crippen molar-refractivity contribution in [1.82, 2.24) is 14.9 Å². The minimum Gasteiger partial charge on any atom is -0.363 e. The lowest BCUT2D eigenvalue weighted by molar-refractivity contribution is -0.384. The molecule has 1 aromatic carbocycles. The van der Waals surface area contributed by atoms with Crippen LogP contribution in [0.15, 0.2) is 23.1 Å². The number of nitro benzene ring substituents is 1. The first kappa shape index (κ1) is 22.1. The van der Waals surface area contributed by atoms with Gasteiger partial charge in [-0.1, -0.05) is 6.92 Å². The molecule has 2 N–H and O–H groups in total. The number of carbonyl (C=O) groups is 1. The van der Waals surface area contributed by atoms with Gasteiger partial charge in [0.15, 0.2) is 0 Å². The van der Waals surface area contributed by atoms with Crippen LogP contribution >= 0.6 is 0 Å². The van der Waals surface area contributed by atoms with Crippen LogP contribution in [0.1, 0.15) is 20.3 Å². The smallest absolute Gasteiger partial charge is 0.293 e. The summed E-state index contributed by atoms with van der Waals surface area (Å²) in [5, 5.41) is 14.4. The highest BCUT2D eigenvalue weighted by molar-refractivity contribution is 7.89. The second kappa shape index (κ2) is 9.30. The fourth-order valence-corrected chi connectivity index (χ4v) is 3.72. The average molecular weight is 414 g/mol. The van der Waals surface area contributed by atoms with Gasteiger partial charge >= 0.3 is 0 Å². The van der Waals surface area contributed by atoms with Gasteiger partial charge < -0.3 is 10.2 Å². The van der Waals surface area contributed by atoms with Crippen LogP contribution in [0.4, 0.5) is 11.4 Å². The largest absolute Gasteiger partial charge is 0.363 e. The van der Waals surface area contributed by atoms with Crippen molar-refractivity contribution in [2.45, 2.75) is 31.2 Å². The molecule has 0 saturated carbocycles. The molecule has 1 amide bonds. The third-order valence-corrected chi connectivity index (χ3v) is 6.23. The first-order valence-electron chi connectivity index (χ1n) is 9.16. The number of rotatable bonds is 8. The Morgan fingerprint density at radius 2 is 1.93 bits per heavy atom. The van der Waals surface area contributed by atoms with E-state index in [9.17, 15) is 23.3 Å². The maximum atomic E-state index is 12.0. The maximum Gasteiger partial charge on any atom is 0.293 e. The molecule has 1 saturated heterocycles. The first-order valence-corrected chi connectivity index (χ1v) is 10.6. The lowest BCUT2D eigenvalue weighted by atomic mass is 10.2. The van der Waals surface area contributed by atoms with Crippen molar-refractivity contribution in [3.63, 3.8) is 0 Å². The Morgan fingerprint density at radius 3 is 2.46 bits per heavy atom. The molecule has 0 aliphatic carbocycles. The van der Waals surface area contributed by atoms with E-state index in [0.717, 1.165) is 12.5 Å². The van der Waals surface area contributed by atoms with E-state index in [2.05, 4.69) is 10.0 Å². The molecule has 1 fully saturated rings. The van der Waals surface area contributed by atoms with Crippen LogP contribution in [0.25, 0.3) is 0 Å². The number of hydrogen-bond donors (Lipinski definition) is 2. The summed E-state index contributed by atoms with van der Waals surface area (Å²) in [6.07, 6.45) is 0.864. The predicted octanol–water partition coefficient (Wildman–Crippen LogP) is 0.540. The number of nitrogens with zero attached hydrogens (tertiary/aromatic N) is 3. The number of benzene rings is 1. The first-order chi connectivity index (χ1) is 13.2. The quantitative estimate of drug-likeness (QED) is 0.471. The molecule has 0 aromatic heterocycles. The monoisotopic (exact) mass is 413 g/mol. The van der Waals surface area contributed by atoms with Crippen molar-refractivity contribution in [1.29, 1.82) is 0 Å². The minimum atomic E-state index is -3.76. The molecular weight excluding hydrogens is 386 g/mol. The van der Waals surface area contributed by atoms with E-state index >= 15 is 0 Å². The molecule has 0 radical (unpaired) electrons. The number of hydrogen-bond acceptors (Lipinski definition) is 7. The molecule has 28 heavy (non-hydrogen) atoms.